The number of aliphatic carboxylic acids is 1. The van der Waals surface area contributed by atoms with Gasteiger partial charge < -0.3 is 15.3 Å². The van der Waals surface area contributed by atoms with Gasteiger partial charge in [0, 0.05) is 18.8 Å². The van der Waals surface area contributed by atoms with E-state index in [1.54, 1.807) is 12.2 Å². The fourth-order valence-electron chi connectivity index (χ4n) is 3.01. The summed E-state index contributed by atoms with van der Waals surface area (Å²) in [5.74, 6) is -1.00. The van der Waals surface area contributed by atoms with Crippen LogP contribution < -0.4 is 0 Å². The topological polar surface area (TPSA) is 94.8 Å². The Morgan fingerprint density at radius 1 is 1.29 bits per heavy atom. The van der Waals surface area contributed by atoms with E-state index in [1.165, 1.54) is 0 Å². The highest BCUT2D eigenvalue weighted by molar-refractivity contribution is 5.83. The summed E-state index contributed by atoms with van der Waals surface area (Å²) < 4.78 is 0. The van der Waals surface area contributed by atoms with E-state index in [0.717, 1.165) is 32.1 Å². The number of ketones is 1. The van der Waals surface area contributed by atoms with Crippen molar-refractivity contribution in [3.63, 3.8) is 0 Å². The summed E-state index contributed by atoms with van der Waals surface area (Å²) in [7, 11) is 0. The number of carboxylic acids is 1. The number of hydrogen-bond donors (Lipinski definition) is 3. The van der Waals surface area contributed by atoms with Gasteiger partial charge in [0.05, 0.1) is 6.10 Å². The number of Topliss-reactive ketones (excluding diaryl/α,β-unsaturated/α-hetero) is 1. The van der Waals surface area contributed by atoms with Gasteiger partial charge in [-0.15, -0.1) is 0 Å². The van der Waals surface area contributed by atoms with Crippen molar-refractivity contribution < 1.29 is 24.9 Å². The normalized spacial score (nSPS) is 24.0. The van der Waals surface area contributed by atoms with Crippen molar-refractivity contribution in [1.29, 1.82) is 0 Å². The number of allylic oxidation sites excluding steroid dienone is 2. The molecule has 1 aliphatic carbocycles. The minimum atomic E-state index is -1.39. The Morgan fingerprint density at radius 2 is 2.04 bits per heavy atom. The molecule has 3 N–H and O–H groups in total. The maximum Gasteiger partial charge on any atom is 0.332 e. The predicted molar refractivity (Wildman–Crippen MR) is 92.5 cm³/mol. The highest BCUT2D eigenvalue weighted by atomic mass is 16.4. The van der Waals surface area contributed by atoms with Crippen molar-refractivity contribution in [1.82, 2.24) is 0 Å². The van der Waals surface area contributed by atoms with Crippen LogP contribution in [0, 0.1) is 11.8 Å². The van der Waals surface area contributed by atoms with Gasteiger partial charge in [0.25, 0.3) is 0 Å². The molecular weight excluding hydrogens is 308 g/mol. The highest BCUT2D eigenvalue weighted by Gasteiger charge is 2.31. The molecule has 0 saturated heterocycles. The molecular formula is C19H30O5. The average Bonchev–Trinajstić information content (AvgIpc) is 2.89. The second-order valence-corrected chi connectivity index (χ2v) is 6.52. The van der Waals surface area contributed by atoms with E-state index in [9.17, 15) is 19.8 Å². The largest absolute Gasteiger partial charge is 0.479 e. The van der Waals surface area contributed by atoms with Crippen LogP contribution in [0.15, 0.2) is 24.3 Å². The Morgan fingerprint density at radius 3 is 2.71 bits per heavy atom. The van der Waals surface area contributed by atoms with E-state index in [4.69, 9.17) is 5.11 Å². The van der Waals surface area contributed by atoms with Crippen LogP contribution in [0.1, 0.15) is 58.3 Å². The molecule has 136 valence electrons. The number of aliphatic hydroxyl groups is 2. The standard InChI is InChI=1S/C19H30O5/c1-2-3-4-7-15(20)12-10-14-11-13-17(21)16(14)8-5-6-9-18(22)19(23)24/h5-6,10,12,14-16,18,20,22H,2-4,7-9,11,13H2,1H3,(H,23,24)/t14-,15?,16+,18?/m0/s1. The van der Waals surface area contributed by atoms with Crippen molar-refractivity contribution in [2.75, 3.05) is 0 Å². The summed E-state index contributed by atoms with van der Waals surface area (Å²) in [6.45, 7) is 2.12. The van der Waals surface area contributed by atoms with E-state index in [-0.39, 0.29) is 24.0 Å². The van der Waals surface area contributed by atoms with Crippen molar-refractivity contribution in [3.05, 3.63) is 24.3 Å². The maximum atomic E-state index is 12.0. The van der Waals surface area contributed by atoms with E-state index < -0.39 is 18.2 Å². The molecule has 5 nitrogen and oxygen atoms in total. The van der Waals surface area contributed by atoms with Gasteiger partial charge in [0.15, 0.2) is 6.10 Å². The lowest BCUT2D eigenvalue weighted by Gasteiger charge is -2.14. The third kappa shape index (κ3) is 7.41. The molecule has 0 bridgehead atoms. The van der Waals surface area contributed by atoms with E-state index in [1.807, 2.05) is 12.2 Å². The first-order valence-electron chi connectivity index (χ1n) is 8.90. The first-order chi connectivity index (χ1) is 11.5. The maximum absolute atomic E-state index is 12.0. The second-order valence-electron chi connectivity index (χ2n) is 6.52. The average molecular weight is 338 g/mol. The minimum Gasteiger partial charge on any atom is -0.479 e. The zero-order chi connectivity index (χ0) is 17.9. The van der Waals surface area contributed by atoms with Gasteiger partial charge in [0.1, 0.15) is 5.78 Å². The molecule has 1 fully saturated rings. The van der Waals surface area contributed by atoms with E-state index in [2.05, 4.69) is 6.92 Å². The number of carboxylic acid groups (broad SMARTS) is 1. The fourth-order valence-corrected chi connectivity index (χ4v) is 3.01. The van der Waals surface area contributed by atoms with Crippen LogP contribution in [0.25, 0.3) is 0 Å². The Labute approximate surface area is 144 Å². The van der Waals surface area contributed by atoms with Crippen LogP contribution >= 0.6 is 0 Å². The van der Waals surface area contributed by atoms with Crippen LogP contribution in [0.3, 0.4) is 0 Å². The molecule has 1 saturated carbocycles. The third-order valence-corrected chi connectivity index (χ3v) is 4.54. The molecule has 5 heteroatoms. The fraction of sp³-hybridized carbons (Fsp3) is 0.684. The molecule has 0 radical (unpaired) electrons. The molecule has 4 atom stereocenters. The molecule has 1 aliphatic rings. The molecule has 0 spiro atoms. The molecule has 0 aromatic carbocycles. The summed E-state index contributed by atoms with van der Waals surface area (Å²) in [5, 5.41) is 27.8. The van der Waals surface area contributed by atoms with Crippen LogP contribution in [-0.4, -0.2) is 39.3 Å². The monoisotopic (exact) mass is 338 g/mol. The Hall–Kier alpha value is -1.46. The number of carbonyl (C=O) groups is 2. The van der Waals surface area contributed by atoms with E-state index >= 15 is 0 Å². The molecule has 0 heterocycles. The number of rotatable bonds is 11. The molecule has 0 aromatic heterocycles. The van der Waals surface area contributed by atoms with Gasteiger partial charge in [-0.1, -0.05) is 50.5 Å². The lowest BCUT2D eigenvalue weighted by molar-refractivity contribution is -0.146. The molecule has 0 aliphatic heterocycles. The predicted octanol–water partition coefficient (Wildman–Crippen LogP) is 2.86. The summed E-state index contributed by atoms with van der Waals surface area (Å²) in [6, 6.07) is 0. The zero-order valence-corrected chi connectivity index (χ0v) is 14.4. The molecule has 1 rings (SSSR count). The first-order valence-corrected chi connectivity index (χ1v) is 8.90. The van der Waals surface area contributed by atoms with Crippen molar-refractivity contribution in [2.45, 2.75) is 70.5 Å². The summed E-state index contributed by atoms with van der Waals surface area (Å²) in [6.07, 6.45) is 11.3. The van der Waals surface area contributed by atoms with Gasteiger partial charge in [-0.2, -0.15) is 0 Å². The molecule has 2 unspecified atom stereocenters. The Kier molecular flexibility index (Phi) is 9.57. The third-order valence-electron chi connectivity index (χ3n) is 4.54. The lowest BCUT2D eigenvalue weighted by Crippen LogP contribution is -2.18. The number of carbonyl (C=O) groups excluding carboxylic acids is 1. The number of unbranched alkanes of at least 4 members (excludes halogenated alkanes) is 2. The molecule has 24 heavy (non-hydrogen) atoms. The van der Waals surface area contributed by atoms with Crippen molar-refractivity contribution in [3.8, 4) is 0 Å². The van der Waals surface area contributed by atoms with Gasteiger partial charge in [-0.05, 0) is 25.2 Å². The second kappa shape index (κ2) is 11.2. The van der Waals surface area contributed by atoms with Crippen LogP contribution in [0.5, 0.6) is 0 Å². The van der Waals surface area contributed by atoms with E-state index in [0.29, 0.717) is 12.8 Å². The zero-order valence-electron chi connectivity index (χ0n) is 14.4. The highest BCUT2D eigenvalue weighted by Crippen LogP contribution is 2.33. The molecule has 0 amide bonds. The van der Waals surface area contributed by atoms with Gasteiger partial charge in [0.2, 0.25) is 0 Å². The summed E-state index contributed by atoms with van der Waals surface area (Å²) in [5.41, 5.74) is 0. The summed E-state index contributed by atoms with van der Waals surface area (Å²) in [4.78, 5) is 22.5. The SMILES string of the molecule is CCCCCC(O)C=C[C@H]1CCC(=O)[C@@H]1CC=CCC(O)C(=O)O. The lowest BCUT2D eigenvalue weighted by atomic mass is 9.91. The number of hydrogen-bond acceptors (Lipinski definition) is 4. The quantitative estimate of drug-likeness (QED) is 0.398. The van der Waals surface area contributed by atoms with Gasteiger partial charge >= 0.3 is 5.97 Å². The van der Waals surface area contributed by atoms with Crippen LogP contribution in [0.2, 0.25) is 0 Å². The van der Waals surface area contributed by atoms with Gasteiger partial charge in [-0.3, -0.25) is 4.79 Å². The smallest absolute Gasteiger partial charge is 0.332 e. The minimum absolute atomic E-state index is 0.0485. The first kappa shape index (κ1) is 20.6. The summed E-state index contributed by atoms with van der Waals surface area (Å²) >= 11 is 0. The molecule has 0 aromatic rings. The van der Waals surface area contributed by atoms with Crippen molar-refractivity contribution >= 4 is 11.8 Å². The number of aliphatic hydroxyl groups excluding tert-OH is 2. The van der Waals surface area contributed by atoms with Gasteiger partial charge in [-0.25, -0.2) is 4.79 Å². The van der Waals surface area contributed by atoms with Crippen molar-refractivity contribution in [2.24, 2.45) is 11.8 Å². The Balaban J connectivity index is 2.45. The van der Waals surface area contributed by atoms with Crippen LogP contribution in [-0.2, 0) is 9.59 Å². The van der Waals surface area contributed by atoms with Crippen LogP contribution in [0.4, 0.5) is 0 Å². The Bertz CT molecular complexity index is 455.